The van der Waals surface area contributed by atoms with E-state index >= 15 is 0 Å². The molecule has 0 unspecified atom stereocenters. The van der Waals surface area contributed by atoms with Gasteiger partial charge in [-0.05, 0) is 48.7 Å². The molecule has 1 saturated heterocycles. The second-order valence-corrected chi connectivity index (χ2v) is 9.08. The molecule has 13 heteroatoms. The van der Waals surface area contributed by atoms with Crippen molar-refractivity contribution >= 4 is 11.8 Å². The van der Waals surface area contributed by atoms with Gasteiger partial charge in [0.15, 0.2) is 0 Å². The normalized spacial score (nSPS) is 19.0. The van der Waals surface area contributed by atoms with Crippen molar-refractivity contribution in [2.75, 3.05) is 13.6 Å². The number of nitrogens with zero attached hydrogens (tertiary/aromatic N) is 3. The number of amides is 2. The van der Waals surface area contributed by atoms with Gasteiger partial charge >= 0.3 is 12.4 Å². The minimum atomic E-state index is -5.23. The minimum absolute atomic E-state index is 0.0460. The Morgan fingerprint density at radius 1 is 1.10 bits per heavy atom. The number of ether oxygens (including phenoxy) is 1. The fourth-order valence-electron chi connectivity index (χ4n) is 4.69. The summed E-state index contributed by atoms with van der Waals surface area (Å²) >= 11 is 0. The second kappa shape index (κ2) is 11.1. The fraction of sp³-hybridized carbons (Fsp3) is 0.333. The number of hydrogen-bond acceptors (Lipinski definition) is 5. The SMILES string of the molecule is [2H]C([2H])([2H])Oc1cccc([C@@H]2[C@H](NC(=O)c3ccccn3)CCN2C(=O)Cc2ncc(C(F)(F)F)cc2C(F)(F)F)c1C. The molecule has 0 spiro atoms. The van der Waals surface area contributed by atoms with Gasteiger partial charge in [0.1, 0.15) is 11.4 Å². The molecule has 0 radical (unpaired) electrons. The van der Waals surface area contributed by atoms with Crippen LogP contribution in [-0.2, 0) is 23.6 Å². The fourth-order valence-corrected chi connectivity index (χ4v) is 4.69. The van der Waals surface area contributed by atoms with E-state index in [4.69, 9.17) is 8.85 Å². The third-order valence-electron chi connectivity index (χ3n) is 6.61. The lowest BCUT2D eigenvalue weighted by molar-refractivity contribution is -0.144. The highest BCUT2D eigenvalue weighted by Crippen LogP contribution is 2.39. The average Bonchev–Trinajstić information content (AvgIpc) is 3.32. The smallest absolute Gasteiger partial charge is 0.418 e. The van der Waals surface area contributed by atoms with Crippen LogP contribution in [0, 0.1) is 6.92 Å². The lowest BCUT2D eigenvalue weighted by Gasteiger charge is -2.31. The van der Waals surface area contributed by atoms with Gasteiger partial charge in [-0.15, -0.1) is 0 Å². The van der Waals surface area contributed by atoms with Crippen molar-refractivity contribution in [2.24, 2.45) is 0 Å². The Bertz CT molecular complexity index is 1500. The number of halogens is 6. The van der Waals surface area contributed by atoms with E-state index in [0.29, 0.717) is 11.1 Å². The monoisotopic (exact) mass is 569 g/mol. The van der Waals surface area contributed by atoms with E-state index in [0.717, 1.165) is 0 Å². The number of rotatable bonds is 6. The predicted octanol–water partition coefficient (Wildman–Crippen LogP) is 5.15. The van der Waals surface area contributed by atoms with Crippen LogP contribution in [0.3, 0.4) is 0 Å². The Morgan fingerprint density at radius 3 is 2.52 bits per heavy atom. The number of nitrogens with one attached hydrogen (secondary N) is 1. The molecular weight excluding hydrogens is 542 g/mol. The first kappa shape index (κ1) is 24.9. The Balaban J connectivity index is 1.72. The maximum absolute atomic E-state index is 13.7. The van der Waals surface area contributed by atoms with E-state index in [-0.39, 0.29) is 36.7 Å². The minimum Gasteiger partial charge on any atom is -0.496 e. The molecule has 0 aliphatic carbocycles. The molecule has 1 aromatic carbocycles. The molecular formula is C27H24F6N4O3. The molecule has 3 aromatic rings. The summed E-state index contributed by atoms with van der Waals surface area (Å²) in [6, 6.07) is 7.12. The molecule has 212 valence electrons. The molecule has 2 aromatic heterocycles. The van der Waals surface area contributed by atoms with Gasteiger partial charge in [-0.2, -0.15) is 26.3 Å². The van der Waals surface area contributed by atoms with Gasteiger partial charge in [0, 0.05) is 18.9 Å². The van der Waals surface area contributed by atoms with Crippen molar-refractivity contribution in [1.29, 1.82) is 0 Å². The van der Waals surface area contributed by atoms with Crippen LogP contribution in [0.5, 0.6) is 5.75 Å². The van der Waals surface area contributed by atoms with Crippen molar-refractivity contribution in [3.8, 4) is 5.75 Å². The zero-order chi connectivity index (χ0) is 31.7. The quantitative estimate of drug-likeness (QED) is 0.416. The maximum Gasteiger partial charge on any atom is 0.418 e. The third kappa shape index (κ3) is 6.02. The standard InChI is InChI=1S/C27H24F6N4O3/c1-15-17(6-5-8-22(15)40-2)24-19(36-25(39)20-7-3-4-10-34-20)9-11-37(24)23(38)13-21-18(27(31,32)33)12-16(14-35-21)26(28,29)30/h3-8,10,12,14,19,24H,9,11,13H2,1-2H3,(H,36,39)/t19-,24-/m1/s1/i2D3. The van der Waals surface area contributed by atoms with Gasteiger partial charge in [-0.1, -0.05) is 18.2 Å². The van der Waals surface area contributed by atoms with Crippen LogP contribution in [0.1, 0.15) is 55.0 Å². The predicted molar refractivity (Wildman–Crippen MR) is 130 cm³/mol. The van der Waals surface area contributed by atoms with Gasteiger partial charge in [0.05, 0.1) is 46.5 Å². The number of aromatic nitrogens is 2. The molecule has 1 N–H and O–H groups in total. The van der Waals surface area contributed by atoms with Gasteiger partial charge in [-0.25, -0.2) is 0 Å². The average molecular weight is 570 g/mol. The highest BCUT2D eigenvalue weighted by molar-refractivity contribution is 5.92. The Hall–Kier alpha value is -4.16. The van der Waals surface area contributed by atoms with Gasteiger partial charge in [0.25, 0.3) is 5.91 Å². The van der Waals surface area contributed by atoms with Crippen LogP contribution in [0.25, 0.3) is 0 Å². The summed E-state index contributed by atoms with van der Waals surface area (Å²) in [4.78, 5) is 35.0. The van der Waals surface area contributed by atoms with E-state index in [1.54, 1.807) is 18.2 Å². The highest BCUT2D eigenvalue weighted by atomic mass is 19.4. The van der Waals surface area contributed by atoms with Crippen LogP contribution < -0.4 is 10.1 Å². The van der Waals surface area contributed by atoms with Gasteiger partial charge in [0.2, 0.25) is 5.91 Å². The zero-order valence-corrected chi connectivity index (χ0v) is 20.8. The molecule has 1 aliphatic heterocycles. The van der Waals surface area contributed by atoms with Crippen LogP contribution in [0.15, 0.2) is 54.9 Å². The Morgan fingerprint density at radius 2 is 1.88 bits per heavy atom. The molecule has 1 fully saturated rings. The van der Waals surface area contributed by atoms with Crippen molar-refractivity contribution in [3.63, 3.8) is 0 Å². The zero-order valence-electron chi connectivity index (χ0n) is 23.8. The lowest BCUT2D eigenvalue weighted by atomic mass is 9.94. The van der Waals surface area contributed by atoms with Crippen molar-refractivity contribution in [3.05, 3.63) is 88.5 Å². The molecule has 40 heavy (non-hydrogen) atoms. The number of carbonyl (C=O) groups is 2. The number of pyridine rings is 2. The second-order valence-electron chi connectivity index (χ2n) is 9.08. The van der Waals surface area contributed by atoms with E-state index in [1.165, 1.54) is 36.2 Å². The summed E-state index contributed by atoms with van der Waals surface area (Å²) in [6.45, 7) is 1.47. The van der Waals surface area contributed by atoms with Crippen LogP contribution in [0.2, 0.25) is 0 Å². The highest BCUT2D eigenvalue weighted by Gasteiger charge is 2.43. The molecule has 4 rings (SSSR count). The van der Waals surface area contributed by atoms with E-state index in [2.05, 4.69) is 15.3 Å². The third-order valence-corrected chi connectivity index (χ3v) is 6.61. The molecule has 0 bridgehead atoms. The molecule has 2 atom stereocenters. The van der Waals surface area contributed by atoms with E-state index in [1.807, 2.05) is 0 Å². The molecule has 1 aliphatic rings. The number of hydrogen-bond donors (Lipinski definition) is 1. The number of methoxy groups -OCH3 is 1. The first-order valence-corrected chi connectivity index (χ1v) is 11.9. The van der Waals surface area contributed by atoms with Gasteiger partial charge in [-0.3, -0.25) is 19.6 Å². The number of alkyl halides is 6. The molecule has 3 heterocycles. The summed E-state index contributed by atoms with van der Waals surface area (Å²) in [5, 5.41) is 2.78. The van der Waals surface area contributed by atoms with Crippen molar-refractivity contribution in [1.82, 2.24) is 20.2 Å². The molecule has 7 nitrogen and oxygen atoms in total. The number of benzene rings is 1. The summed E-state index contributed by atoms with van der Waals surface area (Å²) in [5.41, 5.74) is -3.52. The maximum atomic E-state index is 13.7. The summed E-state index contributed by atoms with van der Waals surface area (Å²) in [6.07, 6.45) is -9.54. The number of carbonyl (C=O) groups excluding carboxylic acids is 2. The summed E-state index contributed by atoms with van der Waals surface area (Å²) in [7, 11) is -2.82. The van der Waals surface area contributed by atoms with Gasteiger partial charge < -0.3 is 15.0 Å². The first-order valence-electron chi connectivity index (χ1n) is 13.4. The summed E-state index contributed by atoms with van der Waals surface area (Å²) < 4.78 is 108. The van der Waals surface area contributed by atoms with Crippen LogP contribution in [0.4, 0.5) is 26.3 Å². The molecule has 2 amide bonds. The Labute approximate surface area is 229 Å². The van der Waals surface area contributed by atoms with Crippen LogP contribution in [-0.4, -0.2) is 46.3 Å². The first-order chi connectivity index (χ1) is 20.0. The largest absolute Gasteiger partial charge is 0.496 e. The lowest BCUT2D eigenvalue weighted by Crippen LogP contribution is -2.42. The van der Waals surface area contributed by atoms with Crippen molar-refractivity contribution in [2.45, 2.75) is 44.2 Å². The number of likely N-dealkylation sites (tertiary alicyclic amines) is 1. The van der Waals surface area contributed by atoms with E-state index < -0.39 is 66.5 Å². The summed E-state index contributed by atoms with van der Waals surface area (Å²) in [5.74, 6) is -1.55. The molecule has 0 saturated carbocycles. The topological polar surface area (TPSA) is 84.4 Å². The van der Waals surface area contributed by atoms with Crippen LogP contribution >= 0.6 is 0 Å². The Kier molecular flexibility index (Phi) is 6.92. The van der Waals surface area contributed by atoms with E-state index in [9.17, 15) is 35.9 Å². The van der Waals surface area contributed by atoms with Crippen molar-refractivity contribution < 1.29 is 44.8 Å².